The average Bonchev–Trinajstić information content (AvgIpc) is 2.60. The van der Waals surface area contributed by atoms with Gasteiger partial charge >= 0.3 is 5.97 Å². The number of carboxylic acids is 1. The van der Waals surface area contributed by atoms with E-state index in [4.69, 9.17) is 9.47 Å². The van der Waals surface area contributed by atoms with Crippen LogP contribution in [-0.4, -0.2) is 36.1 Å². The van der Waals surface area contributed by atoms with Gasteiger partial charge in [0.1, 0.15) is 18.5 Å². The van der Waals surface area contributed by atoms with Gasteiger partial charge in [-0.15, -0.1) is 0 Å². The Bertz CT molecular complexity index is 788. The topological polar surface area (TPSA) is 55.8 Å². The summed E-state index contributed by atoms with van der Waals surface area (Å²) in [5.41, 5.74) is 3.74. The van der Waals surface area contributed by atoms with Crippen molar-refractivity contribution in [3.8, 4) is 5.75 Å². The van der Waals surface area contributed by atoms with E-state index in [0.717, 1.165) is 22.3 Å². The molecule has 152 valence electrons. The fourth-order valence-electron chi connectivity index (χ4n) is 3.08. The second-order valence-corrected chi connectivity index (χ2v) is 7.42. The van der Waals surface area contributed by atoms with Gasteiger partial charge in [-0.3, -0.25) is 0 Å². The Hall–Kier alpha value is -2.40. The molecule has 0 bridgehead atoms. The molecule has 0 heterocycles. The highest BCUT2D eigenvalue weighted by Crippen LogP contribution is 2.20. The Morgan fingerprint density at radius 1 is 1.07 bits per heavy atom. The number of alkyl halides is 1. The SMILES string of the molecule is Cc1ccc(OCC(F)Cc2cccc(CC(OC(C)C)C(=O)O)c2)c(C)c1. The summed E-state index contributed by atoms with van der Waals surface area (Å²) >= 11 is 0. The molecule has 1 N–H and O–H groups in total. The highest BCUT2D eigenvalue weighted by atomic mass is 19.1. The van der Waals surface area contributed by atoms with Gasteiger partial charge < -0.3 is 14.6 Å². The van der Waals surface area contributed by atoms with E-state index >= 15 is 0 Å². The molecule has 0 aliphatic carbocycles. The summed E-state index contributed by atoms with van der Waals surface area (Å²) in [4.78, 5) is 11.4. The predicted octanol–water partition coefficient (Wildman–Crippen LogP) is 4.68. The highest BCUT2D eigenvalue weighted by molar-refractivity contribution is 5.72. The molecule has 2 unspecified atom stereocenters. The average molecular weight is 388 g/mol. The molecule has 2 atom stereocenters. The van der Waals surface area contributed by atoms with Crippen molar-refractivity contribution in [3.05, 3.63) is 64.7 Å². The molecule has 2 rings (SSSR count). The van der Waals surface area contributed by atoms with Gasteiger partial charge in [0.15, 0.2) is 6.10 Å². The molecule has 2 aromatic carbocycles. The quantitative estimate of drug-likeness (QED) is 0.642. The molecule has 4 nitrogen and oxygen atoms in total. The minimum absolute atomic E-state index is 0.0255. The number of benzene rings is 2. The van der Waals surface area contributed by atoms with Crippen molar-refractivity contribution in [2.45, 2.75) is 58.9 Å². The Labute approximate surface area is 166 Å². The number of ether oxygens (including phenoxy) is 2. The van der Waals surface area contributed by atoms with Crippen LogP contribution in [0.3, 0.4) is 0 Å². The Morgan fingerprint density at radius 3 is 2.36 bits per heavy atom. The summed E-state index contributed by atoms with van der Waals surface area (Å²) in [5.74, 6) is -0.304. The van der Waals surface area contributed by atoms with Crippen LogP contribution >= 0.6 is 0 Å². The third kappa shape index (κ3) is 6.97. The lowest BCUT2D eigenvalue weighted by Crippen LogP contribution is -2.29. The Kier molecular flexibility index (Phi) is 8.00. The number of hydrogen-bond donors (Lipinski definition) is 1. The van der Waals surface area contributed by atoms with Gasteiger partial charge in [0, 0.05) is 12.8 Å². The molecule has 0 saturated carbocycles. The zero-order valence-electron chi connectivity index (χ0n) is 16.9. The molecule has 0 amide bonds. The summed E-state index contributed by atoms with van der Waals surface area (Å²) in [6.07, 6.45) is -1.79. The van der Waals surface area contributed by atoms with E-state index in [1.165, 1.54) is 0 Å². The summed E-state index contributed by atoms with van der Waals surface area (Å²) in [6, 6.07) is 13.1. The molecular weight excluding hydrogens is 359 g/mol. The molecule has 28 heavy (non-hydrogen) atoms. The van der Waals surface area contributed by atoms with Gasteiger partial charge in [0.2, 0.25) is 0 Å². The van der Waals surface area contributed by atoms with Gasteiger partial charge in [0.05, 0.1) is 6.10 Å². The zero-order chi connectivity index (χ0) is 20.7. The maximum absolute atomic E-state index is 14.4. The first-order chi connectivity index (χ1) is 13.2. The van der Waals surface area contributed by atoms with Crippen LogP contribution in [-0.2, 0) is 22.4 Å². The van der Waals surface area contributed by atoms with Crippen LogP contribution < -0.4 is 4.74 Å². The van der Waals surface area contributed by atoms with Crippen molar-refractivity contribution in [1.82, 2.24) is 0 Å². The fourth-order valence-corrected chi connectivity index (χ4v) is 3.08. The molecule has 0 fully saturated rings. The number of carboxylic acid groups (broad SMARTS) is 1. The maximum Gasteiger partial charge on any atom is 0.333 e. The van der Waals surface area contributed by atoms with E-state index in [0.29, 0.717) is 5.75 Å². The van der Waals surface area contributed by atoms with Gasteiger partial charge in [-0.25, -0.2) is 9.18 Å². The van der Waals surface area contributed by atoms with Crippen molar-refractivity contribution in [1.29, 1.82) is 0 Å². The zero-order valence-corrected chi connectivity index (χ0v) is 16.9. The van der Waals surface area contributed by atoms with Crippen molar-refractivity contribution >= 4 is 5.97 Å². The first-order valence-electron chi connectivity index (χ1n) is 9.54. The summed E-state index contributed by atoms with van der Waals surface area (Å²) in [7, 11) is 0. The van der Waals surface area contributed by atoms with E-state index in [2.05, 4.69) is 0 Å². The molecule has 2 aromatic rings. The lowest BCUT2D eigenvalue weighted by atomic mass is 10.0. The Balaban J connectivity index is 1.94. The standard InChI is InChI=1S/C23H29FO4/c1-15(2)28-22(23(25)26)13-19-7-5-6-18(11-19)12-20(24)14-27-21-9-8-16(3)10-17(21)4/h5-11,15,20,22H,12-14H2,1-4H3,(H,25,26). The van der Waals surface area contributed by atoms with Gasteiger partial charge in [-0.05, 0) is 50.5 Å². The minimum atomic E-state index is -1.15. The summed E-state index contributed by atoms with van der Waals surface area (Å²) in [6.45, 7) is 7.52. The van der Waals surface area contributed by atoms with Crippen LogP contribution in [0.25, 0.3) is 0 Å². The van der Waals surface area contributed by atoms with Gasteiger partial charge in [-0.1, -0.05) is 42.0 Å². The molecule has 0 aromatic heterocycles. The summed E-state index contributed by atoms with van der Waals surface area (Å²) in [5, 5.41) is 9.31. The van der Waals surface area contributed by atoms with Crippen molar-refractivity contribution in [3.63, 3.8) is 0 Å². The normalized spacial score (nSPS) is 13.4. The minimum Gasteiger partial charge on any atom is -0.490 e. The first kappa shape index (κ1) is 21.9. The molecule has 0 aliphatic heterocycles. The van der Waals surface area contributed by atoms with Gasteiger partial charge in [0.25, 0.3) is 0 Å². The molecule has 0 radical (unpaired) electrons. The van der Waals surface area contributed by atoms with Crippen LogP contribution in [0.15, 0.2) is 42.5 Å². The van der Waals surface area contributed by atoms with E-state index in [1.54, 1.807) is 13.8 Å². The van der Waals surface area contributed by atoms with Crippen LogP contribution in [0.1, 0.15) is 36.1 Å². The summed E-state index contributed by atoms with van der Waals surface area (Å²) < 4.78 is 25.5. The second-order valence-electron chi connectivity index (χ2n) is 7.42. The smallest absolute Gasteiger partial charge is 0.333 e. The van der Waals surface area contributed by atoms with E-state index in [9.17, 15) is 14.3 Å². The Morgan fingerprint density at radius 2 is 1.75 bits per heavy atom. The van der Waals surface area contributed by atoms with E-state index in [-0.39, 0.29) is 25.6 Å². The lowest BCUT2D eigenvalue weighted by molar-refractivity contribution is -0.153. The van der Waals surface area contributed by atoms with Crippen molar-refractivity contribution in [2.24, 2.45) is 0 Å². The van der Waals surface area contributed by atoms with Crippen molar-refractivity contribution in [2.75, 3.05) is 6.61 Å². The maximum atomic E-state index is 14.4. The van der Waals surface area contributed by atoms with E-state index in [1.807, 2.05) is 56.3 Å². The van der Waals surface area contributed by atoms with Crippen LogP contribution in [0, 0.1) is 13.8 Å². The number of aryl methyl sites for hydroxylation is 2. The van der Waals surface area contributed by atoms with Gasteiger partial charge in [-0.2, -0.15) is 0 Å². The first-order valence-corrected chi connectivity index (χ1v) is 9.54. The molecule has 0 saturated heterocycles. The molecule has 0 aliphatic rings. The number of aliphatic carboxylic acids is 1. The monoisotopic (exact) mass is 388 g/mol. The number of carbonyl (C=O) groups is 1. The second kappa shape index (κ2) is 10.2. The number of halogens is 1. The predicted molar refractivity (Wildman–Crippen MR) is 108 cm³/mol. The van der Waals surface area contributed by atoms with E-state index < -0.39 is 18.2 Å². The number of hydrogen-bond acceptors (Lipinski definition) is 3. The lowest BCUT2D eigenvalue weighted by Gasteiger charge is -2.17. The van der Waals surface area contributed by atoms with Crippen LogP contribution in [0.4, 0.5) is 4.39 Å². The van der Waals surface area contributed by atoms with Crippen LogP contribution in [0.2, 0.25) is 0 Å². The molecular formula is C23H29FO4. The van der Waals surface area contributed by atoms with Crippen molar-refractivity contribution < 1.29 is 23.8 Å². The molecule has 5 heteroatoms. The third-order valence-electron chi connectivity index (χ3n) is 4.33. The highest BCUT2D eigenvalue weighted by Gasteiger charge is 2.20. The molecule has 0 spiro atoms. The fraction of sp³-hybridized carbons (Fsp3) is 0.435. The van der Waals surface area contributed by atoms with Crippen LogP contribution in [0.5, 0.6) is 5.75 Å². The largest absolute Gasteiger partial charge is 0.490 e. The number of rotatable bonds is 10. The third-order valence-corrected chi connectivity index (χ3v) is 4.33.